The third-order valence-electron chi connectivity index (χ3n) is 2.35. The summed E-state index contributed by atoms with van der Waals surface area (Å²) in [6.07, 6.45) is 0. The number of aliphatic hydroxyl groups is 1. The van der Waals surface area contributed by atoms with E-state index in [0.29, 0.717) is 6.61 Å². The zero-order chi connectivity index (χ0) is 12.7. The number of rotatable bonds is 6. The van der Waals surface area contributed by atoms with Crippen molar-refractivity contribution >= 4 is 5.97 Å². The van der Waals surface area contributed by atoms with Crippen molar-refractivity contribution in [1.82, 2.24) is 0 Å². The fraction of sp³-hybridized carbons (Fsp3) is 0.462. The Hall–Kier alpha value is -1.39. The molecule has 0 aliphatic rings. The van der Waals surface area contributed by atoms with E-state index in [1.807, 2.05) is 30.3 Å². The van der Waals surface area contributed by atoms with Crippen molar-refractivity contribution in [2.75, 3.05) is 13.2 Å². The average Bonchev–Trinajstić information content (AvgIpc) is 2.35. The summed E-state index contributed by atoms with van der Waals surface area (Å²) >= 11 is 0. The first-order valence-electron chi connectivity index (χ1n) is 5.48. The van der Waals surface area contributed by atoms with Crippen LogP contribution in [0, 0.1) is 0 Å². The summed E-state index contributed by atoms with van der Waals surface area (Å²) in [6, 6.07) is 9.63. The number of carbonyl (C=O) groups excluding carboxylic acids is 1. The van der Waals surface area contributed by atoms with Crippen molar-refractivity contribution < 1.29 is 19.4 Å². The standard InChI is InChI=1S/C13H18O4/c1-11(15)16-10-13(2,9-14)17-8-12-6-4-3-5-7-12/h3-7,14H,8-10H2,1-2H3/t13-/m1/s1. The van der Waals surface area contributed by atoms with Gasteiger partial charge in [-0.3, -0.25) is 4.79 Å². The lowest BCUT2D eigenvalue weighted by atomic mass is 10.1. The van der Waals surface area contributed by atoms with Crippen LogP contribution in [-0.4, -0.2) is 29.9 Å². The van der Waals surface area contributed by atoms with Crippen molar-refractivity contribution in [2.45, 2.75) is 26.1 Å². The van der Waals surface area contributed by atoms with Gasteiger partial charge in [-0.05, 0) is 12.5 Å². The Balaban J connectivity index is 2.48. The second-order valence-electron chi connectivity index (χ2n) is 4.16. The quantitative estimate of drug-likeness (QED) is 0.763. The second kappa shape index (κ2) is 6.37. The molecule has 4 heteroatoms. The van der Waals surface area contributed by atoms with Crippen LogP contribution in [0.3, 0.4) is 0 Å². The van der Waals surface area contributed by atoms with Gasteiger partial charge in [-0.25, -0.2) is 0 Å². The molecule has 1 atom stereocenters. The molecule has 1 aromatic rings. The summed E-state index contributed by atoms with van der Waals surface area (Å²) < 4.78 is 10.5. The second-order valence-corrected chi connectivity index (χ2v) is 4.16. The topological polar surface area (TPSA) is 55.8 Å². The minimum absolute atomic E-state index is 0.0473. The molecule has 1 rings (SSSR count). The summed E-state index contributed by atoms with van der Waals surface area (Å²) in [5.41, 5.74) is 0.150. The number of ether oxygens (including phenoxy) is 2. The van der Waals surface area contributed by atoms with Crippen LogP contribution >= 0.6 is 0 Å². The first-order valence-corrected chi connectivity index (χ1v) is 5.48. The lowest BCUT2D eigenvalue weighted by Gasteiger charge is -2.27. The van der Waals surface area contributed by atoms with Crippen molar-refractivity contribution in [2.24, 2.45) is 0 Å². The van der Waals surface area contributed by atoms with Crippen LogP contribution in [-0.2, 0) is 20.9 Å². The molecule has 0 unspecified atom stereocenters. The molecule has 0 heterocycles. The van der Waals surface area contributed by atoms with Crippen LogP contribution in [0.2, 0.25) is 0 Å². The van der Waals surface area contributed by atoms with E-state index in [9.17, 15) is 9.90 Å². The van der Waals surface area contributed by atoms with E-state index in [2.05, 4.69) is 0 Å². The molecule has 0 bridgehead atoms. The molecule has 94 valence electrons. The molecule has 0 aliphatic carbocycles. The number of hydrogen-bond donors (Lipinski definition) is 1. The molecule has 1 aromatic carbocycles. The molecule has 0 spiro atoms. The Kier molecular flexibility index (Phi) is 5.12. The number of carbonyl (C=O) groups is 1. The molecule has 4 nitrogen and oxygen atoms in total. The van der Waals surface area contributed by atoms with Crippen LogP contribution in [0.4, 0.5) is 0 Å². The smallest absolute Gasteiger partial charge is 0.302 e. The zero-order valence-corrected chi connectivity index (χ0v) is 10.2. The maximum Gasteiger partial charge on any atom is 0.302 e. The molecule has 0 radical (unpaired) electrons. The molecular formula is C13H18O4. The molecule has 0 saturated carbocycles. The fourth-order valence-corrected chi connectivity index (χ4v) is 1.22. The van der Waals surface area contributed by atoms with Crippen molar-refractivity contribution in [3.8, 4) is 0 Å². The van der Waals surface area contributed by atoms with Crippen molar-refractivity contribution in [3.05, 3.63) is 35.9 Å². The monoisotopic (exact) mass is 238 g/mol. The van der Waals surface area contributed by atoms with Gasteiger partial charge in [-0.1, -0.05) is 30.3 Å². The van der Waals surface area contributed by atoms with Gasteiger partial charge in [-0.15, -0.1) is 0 Å². The Morgan fingerprint density at radius 2 is 2.00 bits per heavy atom. The lowest BCUT2D eigenvalue weighted by molar-refractivity contribution is -0.157. The van der Waals surface area contributed by atoms with E-state index >= 15 is 0 Å². The van der Waals surface area contributed by atoms with Crippen molar-refractivity contribution in [3.63, 3.8) is 0 Å². The predicted molar refractivity (Wildman–Crippen MR) is 63.4 cm³/mol. The van der Waals surface area contributed by atoms with E-state index in [1.165, 1.54) is 6.92 Å². The van der Waals surface area contributed by atoms with Gasteiger partial charge >= 0.3 is 5.97 Å². The molecular weight excluding hydrogens is 220 g/mol. The summed E-state index contributed by atoms with van der Waals surface area (Å²) in [6.45, 7) is 3.26. The molecule has 0 fully saturated rings. The first-order chi connectivity index (χ1) is 8.06. The highest BCUT2D eigenvalue weighted by Gasteiger charge is 2.25. The number of benzene rings is 1. The largest absolute Gasteiger partial charge is 0.463 e. The summed E-state index contributed by atoms with van der Waals surface area (Å²) in [7, 11) is 0. The highest BCUT2D eigenvalue weighted by molar-refractivity contribution is 5.65. The van der Waals surface area contributed by atoms with E-state index in [1.54, 1.807) is 6.92 Å². The molecule has 0 aliphatic heterocycles. The van der Waals surface area contributed by atoms with Gasteiger partial charge in [0.2, 0.25) is 0 Å². The lowest BCUT2D eigenvalue weighted by Crippen LogP contribution is -2.39. The van der Waals surface area contributed by atoms with Gasteiger partial charge in [0.15, 0.2) is 0 Å². The first kappa shape index (κ1) is 13.7. The molecule has 0 aromatic heterocycles. The Bertz CT molecular complexity index is 350. The molecule has 17 heavy (non-hydrogen) atoms. The predicted octanol–water partition coefficient (Wildman–Crippen LogP) is 1.52. The van der Waals surface area contributed by atoms with Gasteiger partial charge in [0.25, 0.3) is 0 Å². The van der Waals surface area contributed by atoms with E-state index in [0.717, 1.165) is 5.56 Å². The number of hydrogen-bond acceptors (Lipinski definition) is 4. The fourth-order valence-electron chi connectivity index (χ4n) is 1.22. The number of esters is 1. The molecule has 1 N–H and O–H groups in total. The zero-order valence-electron chi connectivity index (χ0n) is 10.2. The van der Waals surface area contributed by atoms with Gasteiger partial charge in [-0.2, -0.15) is 0 Å². The van der Waals surface area contributed by atoms with Crippen molar-refractivity contribution in [1.29, 1.82) is 0 Å². The Morgan fingerprint density at radius 3 is 2.53 bits per heavy atom. The highest BCUT2D eigenvalue weighted by atomic mass is 16.6. The summed E-state index contributed by atoms with van der Waals surface area (Å²) in [5, 5.41) is 9.26. The van der Waals surface area contributed by atoms with Crippen LogP contribution in [0.15, 0.2) is 30.3 Å². The SMILES string of the molecule is CC(=O)OC[C@@](C)(CO)OCc1ccccc1. The maximum atomic E-state index is 10.7. The third kappa shape index (κ3) is 4.97. The minimum atomic E-state index is -0.860. The maximum absolute atomic E-state index is 10.7. The van der Waals surface area contributed by atoms with Crippen LogP contribution in [0.25, 0.3) is 0 Å². The van der Waals surface area contributed by atoms with Crippen LogP contribution in [0.1, 0.15) is 19.4 Å². The normalized spacial score (nSPS) is 14.1. The van der Waals surface area contributed by atoms with Gasteiger partial charge < -0.3 is 14.6 Å². The summed E-state index contributed by atoms with van der Waals surface area (Å²) in [5.74, 6) is -0.381. The van der Waals surface area contributed by atoms with E-state index < -0.39 is 5.60 Å². The van der Waals surface area contributed by atoms with Crippen LogP contribution in [0.5, 0.6) is 0 Å². The van der Waals surface area contributed by atoms with Gasteiger partial charge in [0.1, 0.15) is 12.2 Å². The van der Waals surface area contributed by atoms with Crippen LogP contribution < -0.4 is 0 Å². The average molecular weight is 238 g/mol. The van der Waals surface area contributed by atoms with E-state index in [4.69, 9.17) is 9.47 Å². The number of aliphatic hydroxyl groups excluding tert-OH is 1. The van der Waals surface area contributed by atoms with Gasteiger partial charge in [0, 0.05) is 6.92 Å². The highest BCUT2D eigenvalue weighted by Crippen LogP contribution is 2.14. The van der Waals surface area contributed by atoms with E-state index in [-0.39, 0.29) is 19.2 Å². The Morgan fingerprint density at radius 1 is 1.35 bits per heavy atom. The Labute approximate surface area is 101 Å². The van der Waals surface area contributed by atoms with Gasteiger partial charge in [0.05, 0.1) is 13.2 Å². The minimum Gasteiger partial charge on any atom is -0.463 e. The third-order valence-corrected chi connectivity index (χ3v) is 2.35. The summed E-state index contributed by atoms with van der Waals surface area (Å²) in [4.78, 5) is 10.7. The molecule has 0 saturated heterocycles. The molecule has 0 amide bonds.